The molecule has 2 N–H and O–H groups in total. The van der Waals surface area contributed by atoms with Crippen molar-refractivity contribution in [2.75, 3.05) is 17.7 Å². The fourth-order valence-electron chi connectivity index (χ4n) is 2.27. The highest BCUT2D eigenvalue weighted by molar-refractivity contribution is 7.99. The third-order valence-electron chi connectivity index (χ3n) is 3.17. The van der Waals surface area contributed by atoms with E-state index < -0.39 is 0 Å². The Labute approximate surface area is 121 Å². The summed E-state index contributed by atoms with van der Waals surface area (Å²) in [6, 6.07) is 11.3. The summed E-state index contributed by atoms with van der Waals surface area (Å²) in [6.45, 7) is 1.56. The van der Waals surface area contributed by atoms with Crippen molar-refractivity contribution in [3.63, 3.8) is 0 Å². The van der Waals surface area contributed by atoms with Gasteiger partial charge in [-0.3, -0.25) is 9.69 Å². The molecule has 20 heavy (non-hydrogen) atoms. The van der Waals surface area contributed by atoms with Crippen LogP contribution in [0.3, 0.4) is 0 Å². The number of fused-ring (bicyclic) bond motifs is 2. The molecule has 2 aromatic carbocycles. The maximum Gasteiger partial charge on any atom is 0.228 e. The van der Waals surface area contributed by atoms with Crippen LogP contribution in [0, 0.1) is 0 Å². The van der Waals surface area contributed by atoms with E-state index in [0.717, 1.165) is 26.9 Å². The lowest BCUT2D eigenvalue weighted by molar-refractivity contribution is -0.115. The van der Waals surface area contributed by atoms with Gasteiger partial charge in [0, 0.05) is 22.4 Å². The quantitative estimate of drug-likeness (QED) is 0.816. The molecule has 0 radical (unpaired) electrons. The number of ether oxygens (including phenoxy) is 1. The fraction of sp³-hybridized carbons (Fsp3) is 0.133. The number of rotatable bonds is 1. The first kappa shape index (κ1) is 12.9. The lowest BCUT2D eigenvalue weighted by Crippen LogP contribution is -2.25. The van der Waals surface area contributed by atoms with E-state index in [2.05, 4.69) is 0 Å². The van der Waals surface area contributed by atoms with E-state index in [1.165, 1.54) is 0 Å². The molecule has 0 saturated carbocycles. The van der Waals surface area contributed by atoms with Crippen molar-refractivity contribution in [3.05, 3.63) is 36.4 Å². The zero-order chi connectivity index (χ0) is 14.3. The molecule has 0 aliphatic carbocycles. The number of carbonyl (C=O) groups is 1. The number of nitrogens with zero attached hydrogens (tertiary/aromatic N) is 1. The molecule has 102 valence electrons. The molecule has 0 unspecified atom stereocenters. The molecule has 1 aliphatic heterocycles. The molecule has 0 spiro atoms. The highest BCUT2D eigenvalue weighted by Crippen LogP contribution is 2.49. The average Bonchev–Trinajstić information content (AvgIpc) is 2.43. The van der Waals surface area contributed by atoms with E-state index in [0.29, 0.717) is 5.69 Å². The molecular weight excluding hydrogens is 272 g/mol. The minimum atomic E-state index is -0.0252. The summed E-state index contributed by atoms with van der Waals surface area (Å²) in [5.41, 5.74) is 8.27. The van der Waals surface area contributed by atoms with Crippen molar-refractivity contribution in [1.82, 2.24) is 0 Å². The molecule has 0 bridgehead atoms. The van der Waals surface area contributed by atoms with Crippen LogP contribution < -0.4 is 15.4 Å². The lowest BCUT2D eigenvalue weighted by atomic mass is 10.2. The van der Waals surface area contributed by atoms with Gasteiger partial charge in [-0.15, -0.1) is 0 Å². The van der Waals surface area contributed by atoms with Crippen LogP contribution in [0.1, 0.15) is 6.92 Å². The predicted molar refractivity (Wildman–Crippen MR) is 80.8 cm³/mol. The Bertz CT molecular complexity index is 700. The van der Waals surface area contributed by atoms with E-state index in [1.807, 2.05) is 36.4 Å². The van der Waals surface area contributed by atoms with Gasteiger partial charge < -0.3 is 10.5 Å². The van der Waals surface area contributed by atoms with Gasteiger partial charge in [-0.25, -0.2) is 0 Å². The van der Waals surface area contributed by atoms with Crippen molar-refractivity contribution in [2.24, 2.45) is 0 Å². The van der Waals surface area contributed by atoms with Crippen LogP contribution in [0.4, 0.5) is 17.1 Å². The van der Waals surface area contributed by atoms with Crippen LogP contribution in [0.15, 0.2) is 46.2 Å². The van der Waals surface area contributed by atoms with E-state index >= 15 is 0 Å². The van der Waals surface area contributed by atoms with Gasteiger partial charge >= 0.3 is 0 Å². The van der Waals surface area contributed by atoms with Gasteiger partial charge in [-0.2, -0.15) is 0 Å². The summed E-state index contributed by atoms with van der Waals surface area (Å²) in [5, 5.41) is 0. The van der Waals surface area contributed by atoms with Gasteiger partial charge in [0.1, 0.15) is 5.75 Å². The summed E-state index contributed by atoms with van der Waals surface area (Å²) in [4.78, 5) is 15.7. The number of carbonyl (C=O) groups excluding carboxylic acids is 1. The van der Waals surface area contributed by atoms with Crippen molar-refractivity contribution in [1.29, 1.82) is 0 Å². The van der Waals surface area contributed by atoms with Gasteiger partial charge in [0.25, 0.3) is 0 Å². The Morgan fingerprint density at radius 3 is 2.45 bits per heavy atom. The smallest absolute Gasteiger partial charge is 0.228 e. The van der Waals surface area contributed by atoms with Crippen LogP contribution >= 0.6 is 11.8 Å². The number of nitrogens with two attached hydrogens (primary N) is 1. The highest BCUT2D eigenvalue weighted by atomic mass is 32.2. The monoisotopic (exact) mass is 286 g/mol. The normalized spacial score (nSPS) is 12.6. The number of nitrogen functional groups attached to an aromatic ring is 1. The Kier molecular flexibility index (Phi) is 3.06. The molecule has 1 heterocycles. The maximum absolute atomic E-state index is 12.0. The van der Waals surface area contributed by atoms with E-state index in [-0.39, 0.29) is 5.91 Å². The number of hydrogen-bond acceptors (Lipinski definition) is 4. The Balaban J connectivity index is 2.19. The predicted octanol–water partition coefficient (Wildman–Crippen LogP) is 3.43. The van der Waals surface area contributed by atoms with Crippen molar-refractivity contribution >= 4 is 34.7 Å². The average molecular weight is 286 g/mol. The van der Waals surface area contributed by atoms with E-state index in [1.54, 1.807) is 30.7 Å². The van der Waals surface area contributed by atoms with Crippen LogP contribution in [-0.4, -0.2) is 13.0 Å². The highest BCUT2D eigenvalue weighted by Gasteiger charge is 2.26. The lowest BCUT2D eigenvalue weighted by Gasteiger charge is -2.30. The molecule has 1 amide bonds. The summed E-state index contributed by atoms with van der Waals surface area (Å²) >= 11 is 1.59. The second-order valence-corrected chi connectivity index (χ2v) is 5.60. The second-order valence-electron chi connectivity index (χ2n) is 4.52. The molecule has 0 saturated heterocycles. The van der Waals surface area contributed by atoms with Crippen LogP contribution in [-0.2, 0) is 4.79 Å². The second kappa shape index (κ2) is 4.76. The summed E-state index contributed by atoms with van der Waals surface area (Å²) < 4.78 is 5.25. The fourth-order valence-corrected chi connectivity index (χ4v) is 3.41. The minimum Gasteiger partial charge on any atom is -0.497 e. The van der Waals surface area contributed by atoms with Gasteiger partial charge in [-0.05, 0) is 36.4 Å². The summed E-state index contributed by atoms with van der Waals surface area (Å²) in [6.07, 6.45) is 0. The zero-order valence-corrected chi connectivity index (χ0v) is 12.0. The van der Waals surface area contributed by atoms with Crippen molar-refractivity contribution < 1.29 is 9.53 Å². The van der Waals surface area contributed by atoms with Crippen LogP contribution in [0.25, 0.3) is 0 Å². The molecule has 4 nitrogen and oxygen atoms in total. The molecule has 0 fully saturated rings. The molecule has 0 atom stereocenters. The summed E-state index contributed by atoms with van der Waals surface area (Å²) in [7, 11) is 1.63. The summed E-state index contributed by atoms with van der Waals surface area (Å²) in [5.74, 6) is 0.745. The van der Waals surface area contributed by atoms with Gasteiger partial charge in [0.05, 0.1) is 18.5 Å². The Hall–Kier alpha value is -2.14. The first-order chi connectivity index (χ1) is 9.60. The molecule has 3 rings (SSSR count). The number of benzene rings is 2. The minimum absolute atomic E-state index is 0.0252. The van der Waals surface area contributed by atoms with Crippen molar-refractivity contribution in [2.45, 2.75) is 16.7 Å². The maximum atomic E-state index is 12.0. The van der Waals surface area contributed by atoms with Crippen LogP contribution in [0.2, 0.25) is 0 Å². The molecule has 2 aromatic rings. The van der Waals surface area contributed by atoms with Gasteiger partial charge in [0.15, 0.2) is 0 Å². The first-order valence-corrected chi connectivity index (χ1v) is 6.98. The van der Waals surface area contributed by atoms with Crippen LogP contribution in [0.5, 0.6) is 5.75 Å². The molecular formula is C15H14N2O2S. The zero-order valence-electron chi connectivity index (χ0n) is 11.2. The number of amides is 1. The third kappa shape index (κ3) is 2.00. The first-order valence-electron chi connectivity index (χ1n) is 6.16. The number of hydrogen-bond donors (Lipinski definition) is 1. The SMILES string of the molecule is COc1ccc2c(c1)Sc1cc(N)ccc1N2C(C)=O. The Morgan fingerprint density at radius 2 is 1.80 bits per heavy atom. The van der Waals surface area contributed by atoms with E-state index in [4.69, 9.17) is 10.5 Å². The molecule has 0 aromatic heterocycles. The molecule has 1 aliphatic rings. The Morgan fingerprint density at radius 1 is 1.15 bits per heavy atom. The van der Waals surface area contributed by atoms with Crippen molar-refractivity contribution in [3.8, 4) is 5.75 Å². The van der Waals surface area contributed by atoms with E-state index in [9.17, 15) is 4.79 Å². The van der Waals surface area contributed by atoms with Gasteiger partial charge in [0.2, 0.25) is 5.91 Å². The largest absolute Gasteiger partial charge is 0.497 e. The standard InChI is InChI=1S/C15H14N2O2S/c1-9(18)17-12-5-3-10(16)7-14(12)20-15-8-11(19-2)4-6-13(15)17/h3-8H,16H2,1-2H3. The topological polar surface area (TPSA) is 55.6 Å². The number of anilines is 3. The number of methoxy groups -OCH3 is 1. The molecule has 5 heteroatoms. The van der Waals surface area contributed by atoms with Gasteiger partial charge in [-0.1, -0.05) is 11.8 Å². The third-order valence-corrected chi connectivity index (χ3v) is 4.26.